The largest absolute Gasteiger partial charge is 0.305 e. The molecule has 5 heteroatoms. The molecular weight excluding hydrogens is 219 g/mol. The molecule has 1 aliphatic rings. The molecule has 1 saturated carbocycles. The van der Waals surface area contributed by atoms with Gasteiger partial charge in [-0.1, -0.05) is 0 Å². The zero-order valence-corrected chi connectivity index (χ0v) is 9.10. The molecule has 1 aliphatic carbocycles. The van der Waals surface area contributed by atoms with Crippen LogP contribution in [0.25, 0.3) is 5.69 Å². The van der Waals surface area contributed by atoms with Crippen molar-refractivity contribution in [3.8, 4) is 5.69 Å². The van der Waals surface area contributed by atoms with E-state index < -0.39 is 5.95 Å². The Balaban J connectivity index is 2.05. The molecule has 0 amide bonds. The third-order valence-electron chi connectivity index (χ3n) is 2.87. The number of hydrogen-bond donors (Lipinski definition) is 1. The van der Waals surface area contributed by atoms with Gasteiger partial charge in [-0.05, 0) is 25.0 Å². The van der Waals surface area contributed by atoms with Crippen molar-refractivity contribution in [2.45, 2.75) is 18.8 Å². The average molecular weight is 230 g/mol. The first-order chi connectivity index (χ1) is 8.28. The molecule has 0 spiro atoms. The fraction of sp³-hybridized carbons (Fsp3) is 0.250. The Kier molecular flexibility index (Phi) is 2.24. The van der Waals surface area contributed by atoms with Crippen molar-refractivity contribution < 1.29 is 4.39 Å². The number of imidazole rings is 1. The molecule has 0 aromatic carbocycles. The highest BCUT2D eigenvalue weighted by molar-refractivity contribution is 5.73. The van der Waals surface area contributed by atoms with E-state index in [2.05, 4.69) is 9.97 Å². The molecule has 2 aromatic heterocycles. The number of hydrogen-bond acceptors (Lipinski definition) is 3. The summed E-state index contributed by atoms with van der Waals surface area (Å²) in [7, 11) is 0. The number of pyridine rings is 1. The highest BCUT2D eigenvalue weighted by atomic mass is 19.1. The van der Waals surface area contributed by atoms with Crippen LogP contribution in [0.4, 0.5) is 4.39 Å². The Morgan fingerprint density at radius 3 is 2.82 bits per heavy atom. The summed E-state index contributed by atoms with van der Waals surface area (Å²) >= 11 is 0. The zero-order chi connectivity index (χ0) is 11.8. The van der Waals surface area contributed by atoms with E-state index in [-0.39, 0.29) is 0 Å². The lowest BCUT2D eigenvalue weighted by molar-refractivity contribution is 0.583. The van der Waals surface area contributed by atoms with Gasteiger partial charge in [0.25, 0.3) is 0 Å². The van der Waals surface area contributed by atoms with E-state index in [9.17, 15) is 4.39 Å². The fourth-order valence-corrected chi connectivity index (χ4v) is 1.81. The van der Waals surface area contributed by atoms with Crippen LogP contribution in [0.15, 0.2) is 24.5 Å². The number of nitrogens with zero attached hydrogens (tertiary/aromatic N) is 3. The van der Waals surface area contributed by atoms with Crippen LogP contribution in [0.2, 0.25) is 0 Å². The van der Waals surface area contributed by atoms with Crippen LogP contribution in [0.1, 0.15) is 30.3 Å². The van der Waals surface area contributed by atoms with Crippen LogP contribution in [-0.2, 0) is 0 Å². The Morgan fingerprint density at radius 2 is 2.24 bits per heavy atom. The van der Waals surface area contributed by atoms with Crippen LogP contribution < -0.4 is 0 Å². The van der Waals surface area contributed by atoms with Gasteiger partial charge in [0.15, 0.2) is 5.82 Å². The second kappa shape index (κ2) is 3.76. The van der Waals surface area contributed by atoms with Crippen molar-refractivity contribution >= 4 is 6.21 Å². The maximum absolute atomic E-state index is 12.7. The van der Waals surface area contributed by atoms with E-state index >= 15 is 0 Å². The lowest BCUT2D eigenvalue weighted by Gasteiger charge is -2.02. The maximum atomic E-state index is 12.7. The van der Waals surface area contributed by atoms with Gasteiger partial charge in [-0.3, -0.25) is 4.57 Å². The summed E-state index contributed by atoms with van der Waals surface area (Å²) in [5.41, 5.74) is 1.73. The predicted octanol–water partition coefficient (Wildman–Crippen LogP) is 2.28. The molecule has 0 saturated heterocycles. The van der Waals surface area contributed by atoms with Crippen molar-refractivity contribution in [1.29, 1.82) is 5.41 Å². The molecule has 0 bridgehead atoms. The van der Waals surface area contributed by atoms with Crippen LogP contribution in [-0.4, -0.2) is 20.7 Å². The summed E-state index contributed by atoms with van der Waals surface area (Å²) in [4.78, 5) is 8.00. The topological polar surface area (TPSA) is 54.6 Å². The van der Waals surface area contributed by atoms with Crippen molar-refractivity contribution in [1.82, 2.24) is 14.5 Å². The van der Waals surface area contributed by atoms with E-state index in [1.165, 1.54) is 18.5 Å². The maximum Gasteiger partial charge on any atom is 0.212 e. The second-order valence-electron chi connectivity index (χ2n) is 4.15. The molecule has 2 heterocycles. The number of rotatable bonds is 3. The van der Waals surface area contributed by atoms with Crippen LogP contribution >= 0.6 is 0 Å². The van der Waals surface area contributed by atoms with Crippen LogP contribution in [0.3, 0.4) is 0 Å². The van der Waals surface area contributed by atoms with Crippen LogP contribution in [0.5, 0.6) is 0 Å². The SMILES string of the molecule is N=Cc1nc(C2CC2)cn1-c1ccc(F)nc1. The van der Waals surface area contributed by atoms with Gasteiger partial charge in [0.05, 0.1) is 23.8 Å². The number of halogens is 1. The smallest absolute Gasteiger partial charge is 0.212 e. The predicted molar refractivity (Wildman–Crippen MR) is 61.2 cm³/mol. The Hall–Kier alpha value is -2.04. The summed E-state index contributed by atoms with van der Waals surface area (Å²) in [6.45, 7) is 0. The third kappa shape index (κ3) is 1.84. The first-order valence-corrected chi connectivity index (χ1v) is 5.49. The van der Waals surface area contributed by atoms with Gasteiger partial charge in [-0.2, -0.15) is 4.39 Å². The minimum atomic E-state index is -0.507. The summed E-state index contributed by atoms with van der Waals surface area (Å²) < 4.78 is 14.5. The Labute approximate surface area is 97.7 Å². The second-order valence-corrected chi connectivity index (χ2v) is 4.15. The minimum Gasteiger partial charge on any atom is -0.305 e. The molecule has 3 rings (SSSR count). The molecule has 2 aromatic rings. The Morgan fingerprint density at radius 1 is 1.41 bits per heavy atom. The first-order valence-electron chi connectivity index (χ1n) is 5.49. The minimum absolute atomic E-state index is 0.507. The van der Waals surface area contributed by atoms with Gasteiger partial charge in [0, 0.05) is 12.1 Å². The molecule has 86 valence electrons. The van der Waals surface area contributed by atoms with Gasteiger partial charge in [-0.15, -0.1) is 0 Å². The first kappa shape index (κ1) is 10.1. The van der Waals surface area contributed by atoms with E-state index in [1.54, 1.807) is 10.6 Å². The summed E-state index contributed by atoms with van der Waals surface area (Å²) in [6.07, 6.45) is 6.88. The molecule has 0 atom stereocenters. The molecule has 0 radical (unpaired) electrons. The molecule has 0 unspecified atom stereocenters. The standard InChI is InChI=1S/C12H11FN4/c13-11-4-3-9(6-15-11)17-7-10(8-1-2-8)16-12(17)5-14/h3-8,14H,1-2H2. The lowest BCUT2D eigenvalue weighted by atomic mass is 10.3. The summed E-state index contributed by atoms with van der Waals surface area (Å²) in [5.74, 6) is 0.580. The van der Waals surface area contributed by atoms with Crippen molar-refractivity contribution in [2.24, 2.45) is 0 Å². The lowest BCUT2D eigenvalue weighted by Crippen LogP contribution is -1.99. The summed E-state index contributed by atoms with van der Waals surface area (Å²) in [6, 6.07) is 2.94. The van der Waals surface area contributed by atoms with Crippen LogP contribution in [0, 0.1) is 11.4 Å². The normalized spacial score (nSPS) is 14.9. The zero-order valence-electron chi connectivity index (χ0n) is 9.10. The van der Waals surface area contributed by atoms with Crippen molar-refractivity contribution in [3.05, 3.63) is 42.0 Å². The highest BCUT2D eigenvalue weighted by Gasteiger charge is 2.27. The van der Waals surface area contributed by atoms with Crippen molar-refractivity contribution in [2.75, 3.05) is 0 Å². The molecule has 4 nitrogen and oxygen atoms in total. The number of aromatic nitrogens is 3. The fourth-order valence-electron chi connectivity index (χ4n) is 1.81. The van der Waals surface area contributed by atoms with Gasteiger partial charge in [-0.25, -0.2) is 9.97 Å². The highest BCUT2D eigenvalue weighted by Crippen LogP contribution is 2.39. The van der Waals surface area contributed by atoms with Gasteiger partial charge in [0.1, 0.15) is 0 Å². The monoisotopic (exact) mass is 230 g/mol. The van der Waals surface area contributed by atoms with E-state index in [0.29, 0.717) is 11.7 Å². The molecule has 0 aliphatic heterocycles. The summed E-state index contributed by atoms with van der Waals surface area (Å²) in [5, 5.41) is 7.35. The molecule has 17 heavy (non-hydrogen) atoms. The molecule has 1 N–H and O–H groups in total. The quantitative estimate of drug-likeness (QED) is 0.649. The molecule has 1 fully saturated rings. The van der Waals surface area contributed by atoms with E-state index in [4.69, 9.17) is 5.41 Å². The average Bonchev–Trinajstić information content (AvgIpc) is 3.10. The van der Waals surface area contributed by atoms with Crippen molar-refractivity contribution in [3.63, 3.8) is 0 Å². The Bertz CT molecular complexity index is 554. The van der Waals surface area contributed by atoms with Gasteiger partial charge < -0.3 is 5.41 Å². The van der Waals surface area contributed by atoms with Gasteiger partial charge in [0.2, 0.25) is 5.95 Å². The molecular formula is C12H11FN4. The van der Waals surface area contributed by atoms with E-state index in [0.717, 1.165) is 24.2 Å². The van der Waals surface area contributed by atoms with Gasteiger partial charge >= 0.3 is 0 Å². The van der Waals surface area contributed by atoms with E-state index in [1.807, 2.05) is 6.20 Å². The third-order valence-corrected chi connectivity index (χ3v) is 2.87. The number of nitrogens with one attached hydrogen (secondary N) is 1.